The first-order chi connectivity index (χ1) is 5.45. The lowest BCUT2D eigenvalue weighted by Gasteiger charge is -1.99. The van der Waals surface area contributed by atoms with Crippen LogP contribution in [0.25, 0.3) is 0 Å². The van der Waals surface area contributed by atoms with E-state index in [9.17, 15) is 13.2 Å². The van der Waals surface area contributed by atoms with E-state index in [2.05, 4.69) is 4.42 Å². The Morgan fingerprint density at radius 3 is 2.33 bits per heavy atom. The lowest BCUT2D eigenvalue weighted by Crippen LogP contribution is -2.02. The van der Waals surface area contributed by atoms with Crippen molar-refractivity contribution in [1.29, 1.82) is 0 Å². The standard InChI is InChI=1S/C7H8F3NO/c1-4-5(3-11)2-6(12-4)7(8,9)10/h2H,3,11H2,1H3. The summed E-state index contributed by atoms with van der Waals surface area (Å²) in [6, 6.07) is 0.926. The molecule has 0 atom stereocenters. The van der Waals surface area contributed by atoms with Gasteiger partial charge in [-0.2, -0.15) is 13.2 Å². The van der Waals surface area contributed by atoms with Gasteiger partial charge < -0.3 is 10.2 Å². The first-order valence-corrected chi connectivity index (χ1v) is 3.31. The third-order valence-electron chi connectivity index (χ3n) is 1.52. The van der Waals surface area contributed by atoms with E-state index in [0.29, 0.717) is 5.56 Å². The van der Waals surface area contributed by atoms with Crippen LogP contribution in [0.15, 0.2) is 10.5 Å². The molecule has 0 aliphatic rings. The Labute approximate surface area is 67.2 Å². The Hall–Kier alpha value is -0.970. The largest absolute Gasteiger partial charge is 0.456 e. The summed E-state index contributed by atoms with van der Waals surface area (Å²) in [7, 11) is 0. The van der Waals surface area contributed by atoms with Crippen LogP contribution in [-0.4, -0.2) is 0 Å². The summed E-state index contributed by atoms with van der Waals surface area (Å²) in [5.41, 5.74) is 5.57. The van der Waals surface area contributed by atoms with E-state index in [1.807, 2.05) is 0 Å². The fourth-order valence-electron chi connectivity index (χ4n) is 0.862. The average Bonchev–Trinajstić information content (AvgIpc) is 2.29. The SMILES string of the molecule is Cc1oc(C(F)(F)F)cc1CN. The summed E-state index contributed by atoms with van der Waals surface area (Å²) in [4.78, 5) is 0. The normalized spacial score (nSPS) is 12.1. The number of halogens is 3. The highest BCUT2D eigenvalue weighted by Gasteiger charge is 2.35. The summed E-state index contributed by atoms with van der Waals surface area (Å²) in [5, 5.41) is 0. The lowest BCUT2D eigenvalue weighted by molar-refractivity contribution is -0.153. The van der Waals surface area contributed by atoms with Crippen molar-refractivity contribution >= 4 is 0 Å². The first-order valence-electron chi connectivity index (χ1n) is 3.31. The van der Waals surface area contributed by atoms with Crippen LogP contribution in [0.2, 0.25) is 0 Å². The van der Waals surface area contributed by atoms with Gasteiger partial charge in [-0.25, -0.2) is 0 Å². The van der Waals surface area contributed by atoms with E-state index in [4.69, 9.17) is 5.73 Å². The van der Waals surface area contributed by atoms with Gasteiger partial charge in [0.15, 0.2) is 0 Å². The second-order valence-corrected chi connectivity index (χ2v) is 2.39. The second-order valence-electron chi connectivity index (χ2n) is 2.39. The molecule has 0 saturated heterocycles. The molecule has 1 aromatic heterocycles. The number of hydrogen-bond donors (Lipinski definition) is 1. The number of aryl methyl sites for hydroxylation is 1. The molecule has 5 heteroatoms. The number of nitrogens with two attached hydrogens (primary N) is 1. The van der Waals surface area contributed by atoms with E-state index in [0.717, 1.165) is 6.07 Å². The van der Waals surface area contributed by atoms with Gasteiger partial charge in [0, 0.05) is 12.1 Å². The van der Waals surface area contributed by atoms with Gasteiger partial charge in [0.2, 0.25) is 5.76 Å². The summed E-state index contributed by atoms with van der Waals surface area (Å²) in [5.74, 6) is -0.759. The van der Waals surface area contributed by atoms with Gasteiger partial charge in [0.25, 0.3) is 0 Å². The van der Waals surface area contributed by atoms with Crippen molar-refractivity contribution in [2.45, 2.75) is 19.6 Å². The molecular weight excluding hydrogens is 171 g/mol. The van der Waals surface area contributed by atoms with E-state index in [-0.39, 0.29) is 12.3 Å². The van der Waals surface area contributed by atoms with Crippen LogP contribution in [0.3, 0.4) is 0 Å². The smallest absolute Gasteiger partial charge is 0.449 e. The molecule has 0 radical (unpaired) electrons. The Kier molecular flexibility index (Phi) is 2.14. The molecular formula is C7H8F3NO. The maximum absolute atomic E-state index is 12.0. The van der Waals surface area contributed by atoms with Crippen molar-refractivity contribution in [1.82, 2.24) is 0 Å². The van der Waals surface area contributed by atoms with Gasteiger partial charge in [-0.3, -0.25) is 0 Å². The number of alkyl halides is 3. The molecule has 2 N–H and O–H groups in total. The molecule has 0 unspecified atom stereocenters. The minimum absolute atomic E-state index is 0.0609. The Morgan fingerprint density at radius 1 is 1.50 bits per heavy atom. The molecule has 0 saturated carbocycles. The second kappa shape index (κ2) is 2.82. The highest BCUT2D eigenvalue weighted by Crippen LogP contribution is 2.32. The third-order valence-corrected chi connectivity index (χ3v) is 1.52. The van der Waals surface area contributed by atoms with Crippen LogP contribution in [0.5, 0.6) is 0 Å². The molecule has 0 amide bonds. The van der Waals surface area contributed by atoms with Crippen LogP contribution in [-0.2, 0) is 12.7 Å². The molecule has 1 aromatic rings. The quantitative estimate of drug-likeness (QED) is 0.716. The van der Waals surface area contributed by atoms with E-state index >= 15 is 0 Å². The lowest BCUT2D eigenvalue weighted by atomic mass is 10.2. The van der Waals surface area contributed by atoms with E-state index in [1.54, 1.807) is 0 Å². The molecule has 0 bridgehead atoms. The number of rotatable bonds is 1. The molecule has 1 rings (SSSR count). The predicted molar refractivity (Wildman–Crippen MR) is 36.3 cm³/mol. The zero-order valence-corrected chi connectivity index (χ0v) is 6.40. The minimum Gasteiger partial charge on any atom is -0.456 e. The molecule has 12 heavy (non-hydrogen) atoms. The molecule has 0 aromatic carbocycles. The molecule has 0 aliphatic carbocycles. The van der Waals surface area contributed by atoms with Crippen LogP contribution in [0, 0.1) is 6.92 Å². The van der Waals surface area contributed by atoms with Crippen LogP contribution in [0.1, 0.15) is 17.1 Å². The minimum atomic E-state index is -4.42. The molecule has 0 spiro atoms. The molecule has 68 valence electrons. The monoisotopic (exact) mass is 179 g/mol. The zero-order valence-electron chi connectivity index (χ0n) is 6.40. The van der Waals surface area contributed by atoms with Gasteiger partial charge in [-0.1, -0.05) is 0 Å². The zero-order chi connectivity index (χ0) is 9.35. The molecule has 2 nitrogen and oxygen atoms in total. The van der Waals surface area contributed by atoms with Gasteiger partial charge >= 0.3 is 6.18 Å². The predicted octanol–water partition coefficient (Wildman–Crippen LogP) is 2.07. The van der Waals surface area contributed by atoms with Crippen molar-refractivity contribution in [3.63, 3.8) is 0 Å². The average molecular weight is 179 g/mol. The van der Waals surface area contributed by atoms with Crippen molar-refractivity contribution < 1.29 is 17.6 Å². The van der Waals surface area contributed by atoms with E-state index < -0.39 is 11.9 Å². The summed E-state index contributed by atoms with van der Waals surface area (Å²) >= 11 is 0. The first kappa shape index (κ1) is 9.12. The third kappa shape index (κ3) is 1.61. The maximum atomic E-state index is 12.0. The van der Waals surface area contributed by atoms with Gasteiger partial charge in [0.1, 0.15) is 5.76 Å². The summed E-state index contributed by atoms with van der Waals surface area (Å²) in [6.45, 7) is 1.52. The topological polar surface area (TPSA) is 39.2 Å². The number of hydrogen-bond acceptors (Lipinski definition) is 2. The van der Waals surface area contributed by atoms with Crippen LogP contribution >= 0.6 is 0 Å². The van der Waals surface area contributed by atoms with Crippen LogP contribution < -0.4 is 5.73 Å². The van der Waals surface area contributed by atoms with Crippen LogP contribution in [0.4, 0.5) is 13.2 Å². The highest BCUT2D eigenvalue weighted by molar-refractivity contribution is 5.21. The van der Waals surface area contributed by atoms with Gasteiger partial charge in [-0.15, -0.1) is 0 Å². The fourth-order valence-corrected chi connectivity index (χ4v) is 0.862. The fraction of sp³-hybridized carbons (Fsp3) is 0.429. The highest BCUT2D eigenvalue weighted by atomic mass is 19.4. The summed E-state index contributed by atoms with van der Waals surface area (Å²) in [6.07, 6.45) is -4.42. The molecule has 1 heterocycles. The van der Waals surface area contributed by atoms with Crippen molar-refractivity contribution in [2.75, 3.05) is 0 Å². The Bertz CT molecular complexity index is 277. The maximum Gasteiger partial charge on any atom is 0.449 e. The van der Waals surface area contributed by atoms with Gasteiger partial charge in [-0.05, 0) is 13.0 Å². The summed E-state index contributed by atoms with van der Waals surface area (Å²) < 4.78 is 40.4. The van der Waals surface area contributed by atoms with Crippen molar-refractivity contribution in [3.8, 4) is 0 Å². The molecule has 0 aliphatic heterocycles. The molecule has 0 fully saturated rings. The Morgan fingerprint density at radius 2 is 2.08 bits per heavy atom. The van der Waals surface area contributed by atoms with Crippen molar-refractivity contribution in [2.24, 2.45) is 5.73 Å². The van der Waals surface area contributed by atoms with E-state index in [1.165, 1.54) is 6.92 Å². The Balaban J connectivity index is 3.05. The number of furan rings is 1. The van der Waals surface area contributed by atoms with Crippen molar-refractivity contribution in [3.05, 3.63) is 23.2 Å². The van der Waals surface area contributed by atoms with Gasteiger partial charge in [0.05, 0.1) is 0 Å².